The molecule has 3 aromatic carbocycles. The molecule has 0 radical (unpaired) electrons. The Labute approximate surface area is 178 Å². The minimum absolute atomic E-state index is 0.155. The summed E-state index contributed by atoms with van der Waals surface area (Å²) in [5.74, 6) is 0.362. The number of ether oxygens (including phenoxy) is 1. The van der Waals surface area contributed by atoms with Crippen molar-refractivity contribution in [1.29, 1.82) is 0 Å². The summed E-state index contributed by atoms with van der Waals surface area (Å²) >= 11 is 0. The molecule has 0 atom stereocenters. The van der Waals surface area contributed by atoms with Crippen LogP contribution in [0.1, 0.15) is 40.9 Å². The quantitative estimate of drug-likeness (QED) is 0.539. The number of nitrogens with one attached hydrogen (secondary N) is 1. The molecule has 0 saturated carbocycles. The zero-order valence-electron chi connectivity index (χ0n) is 17.9. The number of ketones is 1. The van der Waals surface area contributed by atoms with E-state index in [1.165, 1.54) is 0 Å². The second kappa shape index (κ2) is 10.1. The largest absolute Gasteiger partial charge is 0.497 e. The lowest BCUT2D eigenvalue weighted by Gasteiger charge is -2.13. The van der Waals surface area contributed by atoms with Gasteiger partial charge in [-0.05, 0) is 73.5 Å². The standard InChI is InChI=1S/C22H21NO4S.C2H6/c1-15-8-13-19(14-16(15)2)28(25,26)23-21-7-5-4-6-20(21)22(24)17-9-11-18(27-3)12-10-17;1-2/h4-14,23H,1-3H3;1-2H3. The average Bonchev–Trinajstić information content (AvgIpc) is 2.76. The number of carbonyl (C=O) groups is 1. The molecule has 0 amide bonds. The summed E-state index contributed by atoms with van der Waals surface area (Å²) in [6, 6.07) is 18.2. The highest BCUT2D eigenvalue weighted by atomic mass is 32.2. The molecule has 0 aliphatic rings. The Balaban J connectivity index is 0.00000155. The van der Waals surface area contributed by atoms with E-state index in [2.05, 4.69) is 4.72 Å². The summed E-state index contributed by atoms with van der Waals surface area (Å²) in [4.78, 5) is 13.1. The predicted molar refractivity (Wildman–Crippen MR) is 121 cm³/mol. The third kappa shape index (κ3) is 5.27. The van der Waals surface area contributed by atoms with Crippen LogP contribution in [-0.2, 0) is 10.0 Å². The minimum atomic E-state index is -3.82. The van der Waals surface area contributed by atoms with Crippen molar-refractivity contribution < 1.29 is 17.9 Å². The summed E-state index contributed by atoms with van der Waals surface area (Å²) in [5, 5.41) is 0. The van der Waals surface area contributed by atoms with Crippen LogP contribution in [0.2, 0.25) is 0 Å². The van der Waals surface area contributed by atoms with Crippen molar-refractivity contribution in [2.45, 2.75) is 32.6 Å². The lowest BCUT2D eigenvalue weighted by atomic mass is 10.0. The Morgan fingerprint density at radius 1 is 0.867 bits per heavy atom. The molecule has 30 heavy (non-hydrogen) atoms. The van der Waals surface area contributed by atoms with Crippen LogP contribution in [0.5, 0.6) is 5.75 Å². The fourth-order valence-electron chi connectivity index (χ4n) is 2.75. The lowest BCUT2D eigenvalue weighted by Crippen LogP contribution is -2.16. The predicted octanol–water partition coefficient (Wildman–Crippen LogP) is 5.37. The molecular formula is C24H27NO4S. The van der Waals surface area contributed by atoms with E-state index in [-0.39, 0.29) is 21.9 Å². The Kier molecular flexibility index (Phi) is 7.78. The van der Waals surface area contributed by atoms with Crippen LogP contribution in [0.25, 0.3) is 0 Å². The van der Waals surface area contributed by atoms with Crippen molar-refractivity contribution in [3.63, 3.8) is 0 Å². The number of carbonyl (C=O) groups excluding carboxylic acids is 1. The molecule has 5 nitrogen and oxygen atoms in total. The van der Waals surface area contributed by atoms with Gasteiger partial charge in [0.1, 0.15) is 5.75 Å². The maximum Gasteiger partial charge on any atom is 0.261 e. The van der Waals surface area contributed by atoms with Crippen LogP contribution in [0.4, 0.5) is 5.69 Å². The minimum Gasteiger partial charge on any atom is -0.497 e. The van der Waals surface area contributed by atoms with E-state index in [1.54, 1.807) is 73.8 Å². The van der Waals surface area contributed by atoms with Gasteiger partial charge in [-0.25, -0.2) is 8.42 Å². The molecule has 158 valence electrons. The summed E-state index contributed by atoms with van der Waals surface area (Å²) in [6.45, 7) is 7.78. The summed E-state index contributed by atoms with van der Waals surface area (Å²) in [5.41, 5.74) is 2.85. The highest BCUT2D eigenvalue weighted by Gasteiger charge is 2.20. The van der Waals surface area contributed by atoms with Crippen LogP contribution >= 0.6 is 0 Å². The zero-order valence-corrected chi connectivity index (χ0v) is 18.7. The van der Waals surface area contributed by atoms with E-state index in [4.69, 9.17) is 4.74 Å². The van der Waals surface area contributed by atoms with Crippen LogP contribution < -0.4 is 9.46 Å². The second-order valence-electron chi connectivity index (χ2n) is 6.45. The third-order valence-corrected chi connectivity index (χ3v) is 5.92. The first kappa shape index (κ1) is 23.2. The number of hydrogen-bond donors (Lipinski definition) is 1. The molecule has 0 aliphatic carbocycles. The molecule has 3 rings (SSSR count). The van der Waals surface area contributed by atoms with E-state index in [1.807, 2.05) is 27.7 Å². The number of methoxy groups -OCH3 is 1. The maximum atomic E-state index is 12.9. The van der Waals surface area contributed by atoms with E-state index >= 15 is 0 Å². The topological polar surface area (TPSA) is 72.5 Å². The second-order valence-corrected chi connectivity index (χ2v) is 8.14. The first-order valence-electron chi connectivity index (χ1n) is 9.69. The van der Waals surface area contributed by atoms with Gasteiger partial charge < -0.3 is 4.74 Å². The molecule has 0 unspecified atom stereocenters. The zero-order chi connectivity index (χ0) is 22.3. The van der Waals surface area contributed by atoms with E-state index in [0.717, 1.165) is 11.1 Å². The Morgan fingerprint density at radius 3 is 2.10 bits per heavy atom. The van der Waals surface area contributed by atoms with E-state index in [9.17, 15) is 13.2 Å². The molecule has 0 aromatic heterocycles. The van der Waals surface area contributed by atoms with Gasteiger partial charge in [-0.3, -0.25) is 9.52 Å². The SMILES string of the molecule is CC.COc1ccc(C(=O)c2ccccc2NS(=O)(=O)c2ccc(C)c(C)c2)cc1. The first-order chi connectivity index (χ1) is 14.3. The van der Waals surface area contributed by atoms with Crippen LogP contribution in [0.15, 0.2) is 71.6 Å². The van der Waals surface area contributed by atoms with E-state index in [0.29, 0.717) is 11.3 Å². The van der Waals surface area contributed by atoms with E-state index < -0.39 is 10.0 Å². The van der Waals surface area contributed by atoms with Crippen molar-refractivity contribution in [3.05, 3.63) is 89.0 Å². The number of sulfonamides is 1. The molecule has 0 saturated heterocycles. The van der Waals surface area contributed by atoms with Gasteiger partial charge in [0, 0.05) is 11.1 Å². The van der Waals surface area contributed by atoms with Crippen LogP contribution in [0, 0.1) is 13.8 Å². The van der Waals surface area contributed by atoms with Crippen molar-refractivity contribution in [2.75, 3.05) is 11.8 Å². The Hall–Kier alpha value is -3.12. The van der Waals surface area contributed by atoms with Gasteiger partial charge in [0.2, 0.25) is 0 Å². The van der Waals surface area contributed by atoms with Crippen molar-refractivity contribution >= 4 is 21.5 Å². The number of benzene rings is 3. The average molecular weight is 426 g/mol. The normalized spacial score (nSPS) is 10.6. The van der Waals surface area contributed by atoms with Gasteiger partial charge in [0.15, 0.2) is 5.78 Å². The molecule has 0 bridgehead atoms. The highest BCUT2D eigenvalue weighted by molar-refractivity contribution is 7.92. The molecular weight excluding hydrogens is 398 g/mol. The fraction of sp³-hybridized carbons (Fsp3) is 0.208. The number of anilines is 1. The summed E-state index contributed by atoms with van der Waals surface area (Å²) in [6.07, 6.45) is 0. The highest BCUT2D eigenvalue weighted by Crippen LogP contribution is 2.24. The van der Waals surface area contributed by atoms with Gasteiger partial charge in [-0.1, -0.05) is 32.0 Å². The molecule has 1 N–H and O–H groups in total. The maximum absolute atomic E-state index is 12.9. The third-order valence-electron chi connectivity index (χ3n) is 4.56. The monoisotopic (exact) mass is 425 g/mol. The Bertz CT molecular complexity index is 1120. The van der Waals surface area contributed by atoms with Crippen molar-refractivity contribution in [3.8, 4) is 5.75 Å². The van der Waals surface area contributed by atoms with Crippen molar-refractivity contribution in [2.24, 2.45) is 0 Å². The molecule has 0 aliphatic heterocycles. The molecule has 0 heterocycles. The summed E-state index contributed by atoms with van der Waals surface area (Å²) < 4.78 is 33.3. The lowest BCUT2D eigenvalue weighted by molar-refractivity contribution is 0.103. The smallest absolute Gasteiger partial charge is 0.261 e. The van der Waals surface area contributed by atoms with Gasteiger partial charge in [-0.15, -0.1) is 0 Å². The molecule has 0 spiro atoms. The molecule has 0 fully saturated rings. The number of para-hydroxylation sites is 1. The molecule has 3 aromatic rings. The van der Waals surface area contributed by atoms with Gasteiger partial charge in [-0.2, -0.15) is 0 Å². The Morgan fingerprint density at radius 2 is 1.50 bits per heavy atom. The van der Waals surface area contributed by atoms with Crippen molar-refractivity contribution in [1.82, 2.24) is 0 Å². The van der Waals surface area contributed by atoms with Gasteiger partial charge >= 0.3 is 0 Å². The van der Waals surface area contributed by atoms with Crippen LogP contribution in [-0.4, -0.2) is 21.3 Å². The number of aryl methyl sites for hydroxylation is 2. The molecule has 6 heteroatoms. The first-order valence-corrected chi connectivity index (χ1v) is 11.2. The fourth-order valence-corrected chi connectivity index (χ4v) is 3.92. The van der Waals surface area contributed by atoms with Gasteiger partial charge in [0.25, 0.3) is 10.0 Å². The number of rotatable bonds is 6. The summed E-state index contributed by atoms with van der Waals surface area (Å²) in [7, 11) is -2.27. The van der Waals surface area contributed by atoms with Gasteiger partial charge in [0.05, 0.1) is 17.7 Å². The van der Waals surface area contributed by atoms with Crippen LogP contribution in [0.3, 0.4) is 0 Å². The number of hydrogen-bond acceptors (Lipinski definition) is 4.